The summed E-state index contributed by atoms with van der Waals surface area (Å²) in [6, 6.07) is 28.4. The number of carbonyl (C=O) groups excluding carboxylic acids is 2. The van der Waals surface area contributed by atoms with Crippen molar-refractivity contribution in [2.24, 2.45) is 4.99 Å². The van der Waals surface area contributed by atoms with Crippen molar-refractivity contribution in [3.05, 3.63) is 161 Å². The molecule has 7 rings (SSSR count). The summed E-state index contributed by atoms with van der Waals surface area (Å²) in [7, 11) is 0. The average molecular weight is 650 g/mol. The van der Waals surface area contributed by atoms with Crippen molar-refractivity contribution in [2.75, 3.05) is 11.5 Å². The molecule has 3 heterocycles. The second-order valence-electron chi connectivity index (χ2n) is 10.7. The van der Waals surface area contributed by atoms with E-state index in [1.807, 2.05) is 66.7 Å². The van der Waals surface area contributed by atoms with Gasteiger partial charge in [-0.15, -0.1) is 0 Å². The zero-order chi connectivity index (χ0) is 31.9. The average Bonchev–Trinajstić information content (AvgIpc) is 3.54. The number of esters is 1. The van der Waals surface area contributed by atoms with Crippen LogP contribution in [0.3, 0.4) is 0 Å². The number of para-hydroxylation sites is 1. The van der Waals surface area contributed by atoms with Crippen molar-refractivity contribution < 1.29 is 18.7 Å². The smallest absolute Gasteiger partial charge is 0.338 e. The molecule has 0 unspecified atom stereocenters. The van der Waals surface area contributed by atoms with Crippen LogP contribution in [0.25, 0.3) is 11.3 Å². The molecule has 0 aliphatic carbocycles. The van der Waals surface area contributed by atoms with Crippen LogP contribution < -0.4 is 19.8 Å². The third kappa shape index (κ3) is 5.07. The monoisotopic (exact) mass is 649 g/mol. The van der Waals surface area contributed by atoms with E-state index in [0.29, 0.717) is 37.9 Å². The van der Waals surface area contributed by atoms with Gasteiger partial charge >= 0.3 is 5.97 Å². The van der Waals surface area contributed by atoms with Gasteiger partial charge in [0, 0.05) is 16.1 Å². The lowest BCUT2D eigenvalue weighted by atomic mass is 9.93. The number of hydrogen-bond donors (Lipinski definition) is 0. The number of thiazole rings is 1. The van der Waals surface area contributed by atoms with E-state index in [4.69, 9.17) is 21.3 Å². The number of carbonyl (C=O) groups is 2. The molecule has 4 aromatic carbocycles. The molecule has 0 saturated carbocycles. The minimum atomic E-state index is -0.989. The summed E-state index contributed by atoms with van der Waals surface area (Å²) >= 11 is 7.17. The number of halogens is 2. The molecule has 228 valence electrons. The van der Waals surface area contributed by atoms with Gasteiger partial charge in [-0.3, -0.25) is 14.2 Å². The Balaban J connectivity index is 1.49. The molecule has 7 nitrogen and oxygen atoms in total. The summed E-state index contributed by atoms with van der Waals surface area (Å²) in [6.07, 6.45) is 0. The Hall–Kier alpha value is -5.12. The largest absolute Gasteiger partial charge is 0.463 e. The molecule has 0 radical (unpaired) electrons. The van der Waals surface area contributed by atoms with E-state index in [0.717, 1.165) is 16.9 Å². The first-order valence-corrected chi connectivity index (χ1v) is 15.8. The number of benzene rings is 4. The van der Waals surface area contributed by atoms with Crippen LogP contribution in [0.1, 0.15) is 35.2 Å². The number of nitrogens with zero attached hydrogens (tertiary/aromatic N) is 3. The van der Waals surface area contributed by atoms with Crippen molar-refractivity contribution in [1.29, 1.82) is 0 Å². The molecule has 2 aliphatic heterocycles. The highest BCUT2D eigenvalue weighted by atomic mass is 35.5. The topological polar surface area (TPSA) is 81.0 Å². The maximum atomic E-state index is 14.5. The fourth-order valence-electron chi connectivity index (χ4n) is 5.88. The number of hydrogen-bond acceptors (Lipinski definition) is 6. The predicted molar refractivity (Wildman–Crippen MR) is 175 cm³/mol. The van der Waals surface area contributed by atoms with E-state index in [2.05, 4.69) is 0 Å². The van der Waals surface area contributed by atoms with Crippen LogP contribution in [-0.4, -0.2) is 23.1 Å². The van der Waals surface area contributed by atoms with Crippen molar-refractivity contribution in [3.8, 4) is 0 Å². The first kappa shape index (κ1) is 29.6. The summed E-state index contributed by atoms with van der Waals surface area (Å²) in [5, 5.41) is 0.589. The van der Waals surface area contributed by atoms with Crippen LogP contribution in [-0.2, 0) is 20.9 Å². The van der Waals surface area contributed by atoms with E-state index in [9.17, 15) is 18.8 Å². The SMILES string of the molecule is CCOC(=O)C1=C(c2ccccc2)N=c2s/c(=C3/C(=O)N(Cc4ccc(Cl)cc4)c4ccccc43)c(=O)n2[C@H]1c1ccc(F)cc1. The Morgan fingerprint density at radius 1 is 0.935 bits per heavy atom. The summed E-state index contributed by atoms with van der Waals surface area (Å²) in [6.45, 7) is 2.07. The van der Waals surface area contributed by atoms with Gasteiger partial charge in [0.1, 0.15) is 10.3 Å². The molecule has 0 spiro atoms. The predicted octanol–water partition coefficient (Wildman–Crippen LogP) is 5.65. The van der Waals surface area contributed by atoms with Crippen LogP contribution in [0.15, 0.2) is 118 Å². The maximum Gasteiger partial charge on any atom is 0.338 e. The minimum Gasteiger partial charge on any atom is -0.463 e. The van der Waals surface area contributed by atoms with Crippen LogP contribution in [0, 0.1) is 5.82 Å². The third-order valence-corrected chi connectivity index (χ3v) is 9.24. The van der Waals surface area contributed by atoms with Gasteiger partial charge < -0.3 is 9.64 Å². The molecule has 0 fully saturated rings. The highest BCUT2D eigenvalue weighted by Crippen LogP contribution is 2.38. The second-order valence-corrected chi connectivity index (χ2v) is 12.1. The van der Waals surface area contributed by atoms with Gasteiger partial charge in [0.2, 0.25) is 0 Å². The van der Waals surface area contributed by atoms with Gasteiger partial charge in [0.25, 0.3) is 11.5 Å². The Bertz CT molecular complexity index is 2230. The van der Waals surface area contributed by atoms with Crippen LogP contribution in [0.2, 0.25) is 5.02 Å². The van der Waals surface area contributed by atoms with Gasteiger partial charge in [-0.05, 0) is 48.4 Å². The van der Waals surface area contributed by atoms with Crippen molar-refractivity contribution in [3.63, 3.8) is 0 Å². The van der Waals surface area contributed by atoms with E-state index >= 15 is 0 Å². The molecule has 46 heavy (non-hydrogen) atoms. The number of rotatable bonds is 6. The van der Waals surface area contributed by atoms with Crippen molar-refractivity contribution in [2.45, 2.75) is 19.5 Å². The highest BCUT2D eigenvalue weighted by Gasteiger charge is 2.38. The Morgan fingerprint density at radius 3 is 2.35 bits per heavy atom. The fourth-order valence-corrected chi connectivity index (χ4v) is 7.10. The lowest BCUT2D eigenvalue weighted by molar-refractivity contribution is -0.138. The van der Waals surface area contributed by atoms with Crippen molar-refractivity contribution in [1.82, 2.24) is 4.57 Å². The first-order chi connectivity index (χ1) is 22.4. The lowest BCUT2D eigenvalue weighted by Crippen LogP contribution is -2.41. The molecule has 2 aliphatic rings. The zero-order valence-corrected chi connectivity index (χ0v) is 26.0. The maximum absolute atomic E-state index is 14.5. The van der Waals surface area contributed by atoms with E-state index in [-0.39, 0.29) is 34.7 Å². The van der Waals surface area contributed by atoms with Crippen LogP contribution >= 0.6 is 22.9 Å². The molecule has 0 N–H and O–H groups in total. The quantitative estimate of drug-likeness (QED) is 0.223. The Kier molecular flexibility index (Phi) is 7.72. The molecule has 5 aromatic rings. The van der Waals surface area contributed by atoms with Gasteiger partial charge in [0.15, 0.2) is 4.80 Å². The van der Waals surface area contributed by atoms with Gasteiger partial charge in [-0.1, -0.05) is 95.7 Å². The molecule has 1 amide bonds. The molecular weight excluding hydrogens is 625 g/mol. The standard InChI is InChI=1S/C36H25ClFN3O4S/c1-2-45-35(44)29-30(22-8-4-3-5-9-22)39-36-41(31(29)23-14-18-25(38)19-15-23)34(43)32(46-36)28-26-10-6-7-11-27(26)40(33(28)42)20-21-12-16-24(37)17-13-21/h3-19,31H,2,20H2,1H3/b32-28+/t31-/m0/s1. The summed E-state index contributed by atoms with van der Waals surface area (Å²) in [5.74, 6) is -1.43. The van der Waals surface area contributed by atoms with E-state index in [1.165, 1.54) is 28.8 Å². The van der Waals surface area contributed by atoms with E-state index < -0.39 is 23.4 Å². The molecule has 10 heteroatoms. The number of ether oxygens (including phenoxy) is 1. The molecule has 0 saturated heterocycles. The third-order valence-electron chi connectivity index (χ3n) is 7.94. The number of fused-ring (bicyclic) bond motifs is 2. The molecule has 1 aromatic heterocycles. The summed E-state index contributed by atoms with van der Waals surface area (Å²) in [4.78, 5) is 49.2. The molecule has 0 bridgehead atoms. The Labute approximate surface area is 271 Å². The molecular formula is C36H25ClFN3O4S. The minimum absolute atomic E-state index is 0.101. The lowest BCUT2D eigenvalue weighted by Gasteiger charge is -2.25. The number of aromatic nitrogens is 1. The fraction of sp³-hybridized carbons (Fsp3) is 0.111. The summed E-state index contributed by atoms with van der Waals surface area (Å²) in [5.41, 5.74) is 3.57. The van der Waals surface area contributed by atoms with Crippen LogP contribution in [0.5, 0.6) is 0 Å². The van der Waals surface area contributed by atoms with Gasteiger partial charge in [0.05, 0.1) is 41.7 Å². The Morgan fingerprint density at radius 2 is 1.63 bits per heavy atom. The van der Waals surface area contributed by atoms with E-state index in [1.54, 1.807) is 24.0 Å². The highest BCUT2D eigenvalue weighted by molar-refractivity contribution is 7.07. The normalized spacial score (nSPS) is 16.6. The second kappa shape index (κ2) is 12.0. The van der Waals surface area contributed by atoms with Gasteiger partial charge in [-0.25, -0.2) is 14.2 Å². The van der Waals surface area contributed by atoms with Gasteiger partial charge in [-0.2, -0.15) is 0 Å². The van der Waals surface area contributed by atoms with Crippen molar-refractivity contribution >= 4 is 51.8 Å². The van der Waals surface area contributed by atoms with Crippen LogP contribution in [0.4, 0.5) is 10.1 Å². The number of anilines is 1. The molecule has 1 atom stereocenters. The first-order valence-electron chi connectivity index (χ1n) is 14.6. The summed E-state index contributed by atoms with van der Waals surface area (Å²) < 4.78 is 21.2. The zero-order valence-electron chi connectivity index (χ0n) is 24.4. The number of amides is 1.